The molecule has 1 aliphatic rings. The van der Waals surface area contributed by atoms with Crippen molar-refractivity contribution >= 4 is 45.8 Å². The maximum Gasteiger partial charge on any atom is 0.282 e. The van der Waals surface area contributed by atoms with Crippen molar-refractivity contribution in [1.29, 1.82) is 0 Å². The SMILES string of the molecule is CCN(CC)c1ccc(N2C(=O)C(Nc3ccc(C)c(C)c3)=C(c3cccs3)C2=O)cc1. The molecule has 0 radical (unpaired) electrons. The van der Waals surface area contributed by atoms with Crippen LogP contribution in [0, 0.1) is 13.8 Å². The number of anilines is 3. The quantitative estimate of drug-likeness (QED) is 0.481. The first kappa shape index (κ1) is 21.8. The summed E-state index contributed by atoms with van der Waals surface area (Å²) in [5, 5.41) is 5.15. The minimum absolute atomic E-state index is 0.306. The number of thiophene rings is 1. The van der Waals surface area contributed by atoms with Crippen molar-refractivity contribution in [3.63, 3.8) is 0 Å². The van der Waals surface area contributed by atoms with Crippen molar-refractivity contribution in [2.75, 3.05) is 28.2 Å². The van der Waals surface area contributed by atoms with Crippen molar-refractivity contribution in [2.45, 2.75) is 27.7 Å². The van der Waals surface area contributed by atoms with Crippen molar-refractivity contribution in [3.8, 4) is 0 Å². The zero-order chi connectivity index (χ0) is 22.8. The Morgan fingerprint density at radius 3 is 2.22 bits per heavy atom. The van der Waals surface area contributed by atoms with Crippen LogP contribution in [0.2, 0.25) is 0 Å². The number of rotatable bonds is 7. The third-order valence-electron chi connectivity index (χ3n) is 5.86. The average molecular weight is 446 g/mol. The molecule has 0 saturated carbocycles. The first-order valence-corrected chi connectivity index (χ1v) is 11.7. The van der Waals surface area contributed by atoms with Gasteiger partial charge in [-0.05, 0) is 86.7 Å². The van der Waals surface area contributed by atoms with E-state index in [0.29, 0.717) is 17.0 Å². The van der Waals surface area contributed by atoms with E-state index in [1.165, 1.54) is 21.8 Å². The molecule has 0 saturated heterocycles. The lowest BCUT2D eigenvalue weighted by atomic mass is 10.1. The third kappa shape index (κ3) is 3.94. The second-order valence-corrected chi connectivity index (χ2v) is 8.73. The highest BCUT2D eigenvalue weighted by Gasteiger charge is 2.40. The first-order valence-electron chi connectivity index (χ1n) is 10.8. The van der Waals surface area contributed by atoms with Gasteiger partial charge < -0.3 is 10.2 Å². The number of nitrogens with one attached hydrogen (secondary N) is 1. The Morgan fingerprint density at radius 2 is 1.62 bits per heavy atom. The Morgan fingerprint density at radius 1 is 0.906 bits per heavy atom. The van der Waals surface area contributed by atoms with Crippen LogP contribution in [0.1, 0.15) is 29.9 Å². The van der Waals surface area contributed by atoms with Gasteiger partial charge in [-0.3, -0.25) is 9.59 Å². The smallest absolute Gasteiger partial charge is 0.282 e. The summed E-state index contributed by atoms with van der Waals surface area (Å²) in [4.78, 5) is 31.2. The van der Waals surface area contributed by atoms with Gasteiger partial charge in [0, 0.05) is 29.3 Å². The zero-order valence-electron chi connectivity index (χ0n) is 18.8. The van der Waals surface area contributed by atoms with Gasteiger partial charge in [-0.2, -0.15) is 0 Å². The van der Waals surface area contributed by atoms with Crippen LogP contribution in [0.15, 0.2) is 65.7 Å². The molecule has 1 N–H and O–H groups in total. The molecular weight excluding hydrogens is 418 g/mol. The highest BCUT2D eigenvalue weighted by Crippen LogP contribution is 2.36. The number of hydrogen-bond acceptors (Lipinski definition) is 5. The Hall–Kier alpha value is -3.38. The summed E-state index contributed by atoms with van der Waals surface area (Å²) in [5.41, 5.74) is 5.45. The average Bonchev–Trinajstić information content (AvgIpc) is 3.39. The van der Waals surface area contributed by atoms with Crippen molar-refractivity contribution in [2.24, 2.45) is 0 Å². The van der Waals surface area contributed by atoms with Gasteiger partial charge in [-0.25, -0.2) is 4.90 Å². The van der Waals surface area contributed by atoms with Crippen molar-refractivity contribution in [1.82, 2.24) is 0 Å². The van der Waals surface area contributed by atoms with E-state index in [2.05, 4.69) is 24.1 Å². The summed E-state index contributed by atoms with van der Waals surface area (Å²) in [6, 6.07) is 17.3. The predicted molar refractivity (Wildman–Crippen MR) is 133 cm³/mol. The van der Waals surface area contributed by atoms with Gasteiger partial charge in [0.25, 0.3) is 11.8 Å². The van der Waals surface area contributed by atoms with E-state index in [-0.39, 0.29) is 11.8 Å². The number of aryl methyl sites for hydroxylation is 2. The second-order valence-electron chi connectivity index (χ2n) is 7.79. The van der Waals surface area contributed by atoms with Gasteiger partial charge in [0.1, 0.15) is 5.70 Å². The molecule has 2 heterocycles. The van der Waals surface area contributed by atoms with Crippen molar-refractivity contribution < 1.29 is 9.59 Å². The molecule has 0 spiro atoms. The summed E-state index contributed by atoms with van der Waals surface area (Å²) < 4.78 is 0. The van der Waals surface area contributed by atoms with Crippen LogP contribution in [-0.2, 0) is 9.59 Å². The van der Waals surface area contributed by atoms with Gasteiger partial charge in [0.2, 0.25) is 0 Å². The second kappa shape index (κ2) is 9.01. The number of imide groups is 1. The number of carbonyl (C=O) groups is 2. The molecule has 2 aromatic carbocycles. The van der Waals surface area contributed by atoms with E-state index in [9.17, 15) is 9.59 Å². The number of nitrogens with zero attached hydrogens (tertiary/aromatic N) is 2. The van der Waals surface area contributed by atoms with E-state index < -0.39 is 0 Å². The molecule has 2 amide bonds. The Bertz CT molecular complexity index is 1180. The molecule has 0 fully saturated rings. The molecule has 164 valence electrons. The molecular formula is C26H27N3O2S. The maximum absolute atomic E-state index is 13.5. The van der Waals surface area contributed by atoms with Gasteiger partial charge in [-0.1, -0.05) is 12.1 Å². The highest BCUT2D eigenvalue weighted by atomic mass is 32.1. The van der Waals surface area contributed by atoms with E-state index in [1.807, 2.05) is 73.8 Å². The normalized spacial score (nSPS) is 13.8. The largest absolute Gasteiger partial charge is 0.372 e. The molecule has 4 rings (SSSR count). The molecule has 1 aliphatic heterocycles. The summed E-state index contributed by atoms with van der Waals surface area (Å²) in [5.74, 6) is -0.647. The van der Waals surface area contributed by atoms with Crippen LogP contribution in [0.25, 0.3) is 5.57 Å². The van der Waals surface area contributed by atoms with Gasteiger partial charge in [0.15, 0.2) is 0 Å². The minimum atomic E-state index is -0.341. The standard InChI is InChI=1S/C26H27N3O2S/c1-5-28(6-2)20-11-13-21(14-12-20)29-25(30)23(22-8-7-15-32-22)24(26(29)31)27-19-10-9-17(3)18(4)16-19/h7-16,27H,5-6H2,1-4H3. The molecule has 0 atom stereocenters. The van der Waals surface area contributed by atoms with Crippen LogP contribution in [-0.4, -0.2) is 24.9 Å². The molecule has 3 aromatic rings. The Kier molecular flexibility index (Phi) is 6.15. The molecule has 6 heteroatoms. The van der Waals surface area contributed by atoms with Gasteiger partial charge in [0.05, 0.1) is 11.3 Å². The van der Waals surface area contributed by atoms with Gasteiger partial charge >= 0.3 is 0 Å². The number of carbonyl (C=O) groups excluding carboxylic acids is 2. The fourth-order valence-corrected chi connectivity index (χ4v) is 4.66. The van der Waals surface area contributed by atoms with Gasteiger partial charge in [-0.15, -0.1) is 11.3 Å². The van der Waals surface area contributed by atoms with E-state index in [1.54, 1.807) is 0 Å². The maximum atomic E-state index is 13.5. The van der Waals surface area contributed by atoms with E-state index >= 15 is 0 Å². The first-order chi connectivity index (χ1) is 15.4. The van der Waals surface area contributed by atoms with Crippen LogP contribution in [0.5, 0.6) is 0 Å². The fraction of sp³-hybridized carbons (Fsp3) is 0.231. The topological polar surface area (TPSA) is 52.6 Å². The fourth-order valence-electron chi connectivity index (χ4n) is 3.89. The van der Waals surface area contributed by atoms with Crippen molar-refractivity contribution in [3.05, 3.63) is 81.7 Å². The summed E-state index contributed by atoms with van der Waals surface area (Å²) >= 11 is 1.45. The monoisotopic (exact) mass is 445 g/mol. The minimum Gasteiger partial charge on any atom is -0.372 e. The van der Waals surface area contributed by atoms with E-state index in [4.69, 9.17) is 0 Å². The number of benzene rings is 2. The Balaban J connectivity index is 1.71. The summed E-state index contributed by atoms with van der Waals surface area (Å²) in [6.45, 7) is 10.1. The summed E-state index contributed by atoms with van der Waals surface area (Å²) in [6.07, 6.45) is 0. The lowest BCUT2D eigenvalue weighted by Gasteiger charge is -2.22. The summed E-state index contributed by atoms with van der Waals surface area (Å²) in [7, 11) is 0. The number of amides is 2. The lowest BCUT2D eigenvalue weighted by Crippen LogP contribution is -2.32. The van der Waals surface area contributed by atoms with Crippen LogP contribution in [0.3, 0.4) is 0 Å². The number of hydrogen-bond donors (Lipinski definition) is 1. The molecule has 1 aromatic heterocycles. The molecule has 32 heavy (non-hydrogen) atoms. The molecule has 0 aliphatic carbocycles. The van der Waals surface area contributed by atoms with Crippen LogP contribution >= 0.6 is 11.3 Å². The van der Waals surface area contributed by atoms with Crippen LogP contribution in [0.4, 0.5) is 17.1 Å². The predicted octanol–water partition coefficient (Wildman–Crippen LogP) is 5.61. The highest BCUT2D eigenvalue weighted by molar-refractivity contribution is 7.11. The zero-order valence-corrected chi connectivity index (χ0v) is 19.6. The molecule has 0 unspecified atom stereocenters. The molecule has 5 nitrogen and oxygen atoms in total. The lowest BCUT2D eigenvalue weighted by molar-refractivity contribution is -0.120. The Labute approximate surface area is 193 Å². The van der Waals surface area contributed by atoms with E-state index in [0.717, 1.165) is 34.9 Å². The van der Waals surface area contributed by atoms with Crippen LogP contribution < -0.4 is 15.1 Å². The molecule has 0 bridgehead atoms. The third-order valence-corrected chi connectivity index (χ3v) is 6.75.